The molecule has 8 nitrogen and oxygen atoms in total. The van der Waals surface area contributed by atoms with Gasteiger partial charge in [0.15, 0.2) is 0 Å². The second kappa shape index (κ2) is 9.56. The van der Waals surface area contributed by atoms with Gasteiger partial charge in [-0.25, -0.2) is 13.6 Å². The number of rotatable bonds is 6. The molecule has 0 atom stereocenters. The zero-order valence-electron chi connectivity index (χ0n) is 19.5. The lowest BCUT2D eigenvalue weighted by atomic mass is 9.85. The molecule has 1 aliphatic heterocycles. The largest absolute Gasteiger partial charge is 0.417 e. The van der Waals surface area contributed by atoms with Gasteiger partial charge in [-0.2, -0.15) is 18.4 Å². The molecule has 192 valence electrons. The molecule has 2 fully saturated rings. The van der Waals surface area contributed by atoms with E-state index < -0.39 is 26.7 Å². The fourth-order valence-corrected chi connectivity index (χ4v) is 6.41. The molecule has 1 saturated heterocycles. The molecule has 2 heterocycles. The topological polar surface area (TPSA) is 118 Å². The van der Waals surface area contributed by atoms with E-state index in [4.69, 9.17) is 5.14 Å². The van der Waals surface area contributed by atoms with Gasteiger partial charge in [0.25, 0.3) is 0 Å². The summed E-state index contributed by atoms with van der Waals surface area (Å²) in [6, 6.07) is 9.37. The van der Waals surface area contributed by atoms with Crippen LogP contribution in [-0.2, 0) is 16.2 Å². The zero-order valence-corrected chi connectivity index (χ0v) is 20.3. The van der Waals surface area contributed by atoms with Gasteiger partial charge in [0.2, 0.25) is 15.8 Å². The maximum absolute atomic E-state index is 13.7. The normalized spacial score (nSPS) is 18.3. The van der Waals surface area contributed by atoms with E-state index >= 15 is 0 Å². The average molecular weight is 521 g/mol. The van der Waals surface area contributed by atoms with Crippen molar-refractivity contribution in [1.82, 2.24) is 25.5 Å². The summed E-state index contributed by atoms with van der Waals surface area (Å²) < 4.78 is 65.8. The predicted octanol–water partition coefficient (Wildman–Crippen LogP) is 4.18. The lowest BCUT2D eigenvalue weighted by Gasteiger charge is -2.42. The minimum absolute atomic E-state index is 0.215. The highest BCUT2D eigenvalue weighted by molar-refractivity contribution is 7.89. The summed E-state index contributed by atoms with van der Waals surface area (Å²) in [7, 11) is -4.79. The van der Waals surface area contributed by atoms with Crippen molar-refractivity contribution in [3.63, 3.8) is 0 Å². The van der Waals surface area contributed by atoms with Crippen molar-refractivity contribution >= 4 is 10.0 Å². The number of primary sulfonamides is 1. The average Bonchev–Trinajstić information content (AvgIpc) is 3.35. The summed E-state index contributed by atoms with van der Waals surface area (Å²) >= 11 is 0. The van der Waals surface area contributed by atoms with Crippen LogP contribution in [0.4, 0.5) is 13.2 Å². The molecule has 36 heavy (non-hydrogen) atoms. The Morgan fingerprint density at radius 1 is 1.03 bits per heavy atom. The van der Waals surface area contributed by atoms with E-state index in [9.17, 15) is 21.6 Å². The summed E-state index contributed by atoms with van der Waals surface area (Å²) in [4.78, 5) is 1.41. The highest BCUT2D eigenvalue weighted by Gasteiger charge is 2.40. The number of benzene rings is 2. The molecule has 1 aliphatic carbocycles. The van der Waals surface area contributed by atoms with E-state index in [1.165, 1.54) is 38.2 Å². The summed E-state index contributed by atoms with van der Waals surface area (Å²) in [6.07, 6.45) is 1.67. The molecule has 3 N–H and O–H groups in total. The Morgan fingerprint density at radius 2 is 1.72 bits per heavy atom. The van der Waals surface area contributed by atoms with Crippen LogP contribution in [0.2, 0.25) is 0 Å². The lowest BCUT2D eigenvalue weighted by Crippen LogP contribution is -2.47. The Hall–Kier alpha value is -2.83. The van der Waals surface area contributed by atoms with E-state index in [-0.39, 0.29) is 17.0 Å². The number of halogens is 3. The summed E-state index contributed by atoms with van der Waals surface area (Å²) in [5.74, 6) is 0.895. The second-order valence-electron chi connectivity index (χ2n) is 9.68. The van der Waals surface area contributed by atoms with Crippen LogP contribution in [0, 0.1) is 5.92 Å². The van der Waals surface area contributed by atoms with E-state index in [1.807, 2.05) is 12.1 Å². The quantitative estimate of drug-likeness (QED) is 0.504. The molecular formula is C24H27F3N6O2S. The van der Waals surface area contributed by atoms with Gasteiger partial charge in [-0.15, -0.1) is 10.2 Å². The molecule has 0 unspecified atom stereocenters. The molecule has 0 amide bonds. The molecule has 1 aromatic heterocycles. The minimum atomic E-state index is -4.95. The number of nitrogens with two attached hydrogens (primary N) is 1. The zero-order chi connectivity index (χ0) is 25.5. The second-order valence-corrected chi connectivity index (χ2v) is 11.2. The van der Waals surface area contributed by atoms with Crippen LogP contribution >= 0.6 is 0 Å². The Labute approximate surface area is 207 Å². The smallest absolute Gasteiger partial charge is 0.302 e. The molecule has 5 rings (SSSR count). The number of hydrogen-bond acceptors (Lipinski definition) is 6. The highest BCUT2D eigenvalue weighted by atomic mass is 32.2. The third-order valence-electron chi connectivity index (χ3n) is 7.21. The predicted molar refractivity (Wildman–Crippen MR) is 127 cm³/mol. The lowest BCUT2D eigenvalue weighted by molar-refractivity contribution is -0.139. The molecule has 0 radical (unpaired) electrons. The maximum Gasteiger partial charge on any atom is 0.417 e. The van der Waals surface area contributed by atoms with E-state index in [0.717, 1.165) is 37.2 Å². The van der Waals surface area contributed by atoms with Gasteiger partial charge in [0.05, 0.1) is 11.1 Å². The van der Waals surface area contributed by atoms with Crippen LogP contribution in [0.25, 0.3) is 22.5 Å². The number of tetrazole rings is 1. The van der Waals surface area contributed by atoms with Crippen molar-refractivity contribution in [2.45, 2.75) is 49.1 Å². The van der Waals surface area contributed by atoms with Crippen molar-refractivity contribution in [2.75, 3.05) is 19.6 Å². The molecule has 2 aliphatic rings. The van der Waals surface area contributed by atoms with Crippen LogP contribution < -0.4 is 5.14 Å². The van der Waals surface area contributed by atoms with Crippen LogP contribution in [-0.4, -0.2) is 53.6 Å². The number of hydrogen-bond donors (Lipinski definition) is 2. The summed E-state index contributed by atoms with van der Waals surface area (Å²) in [5, 5.41) is 18.3. The third kappa shape index (κ3) is 5.02. The van der Waals surface area contributed by atoms with E-state index in [1.54, 1.807) is 12.1 Å². The number of aromatic nitrogens is 4. The minimum Gasteiger partial charge on any atom is -0.302 e. The van der Waals surface area contributed by atoms with Crippen molar-refractivity contribution < 1.29 is 21.6 Å². The standard InChI is InChI=1S/C24H27F3N6O2S/c25-24(26,27)20-11-10-19(21(22(20)36(28,34)35)23-29-31-32-30-23)17-8-6-16(7-9-17)18-13-33(14-18)12-15-4-2-1-3-5-15/h6-11,15,18H,1-5,12-14H2,(H2,28,34,35)(H,29,30,31,32). The number of nitrogens with one attached hydrogen (secondary N) is 1. The molecule has 2 aromatic carbocycles. The summed E-state index contributed by atoms with van der Waals surface area (Å²) in [5.41, 5.74) is 0.162. The van der Waals surface area contributed by atoms with Crippen LogP contribution in [0.1, 0.15) is 49.1 Å². The Balaban J connectivity index is 1.44. The van der Waals surface area contributed by atoms with Crippen LogP contribution in [0.15, 0.2) is 41.3 Å². The van der Waals surface area contributed by atoms with Crippen molar-refractivity contribution in [1.29, 1.82) is 0 Å². The molecule has 12 heteroatoms. The Bertz CT molecular complexity index is 1320. The number of H-pyrrole nitrogens is 1. The highest BCUT2D eigenvalue weighted by Crippen LogP contribution is 2.43. The number of aromatic amines is 1. The van der Waals surface area contributed by atoms with Gasteiger partial charge in [-0.3, -0.25) is 0 Å². The molecule has 3 aromatic rings. The van der Waals surface area contributed by atoms with Gasteiger partial charge < -0.3 is 4.90 Å². The monoisotopic (exact) mass is 520 g/mol. The molecule has 0 spiro atoms. The summed E-state index contributed by atoms with van der Waals surface area (Å²) in [6.45, 7) is 3.12. The van der Waals surface area contributed by atoms with Gasteiger partial charge in [0, 0.05) is 25.6 Å². The van der Waals surface area contributed by atoms with Crippen molar-refractivity contribution in [2.24, 2.45) is 11.1 Å². The first-order valence-electron chi connectivity index (χ1n) is 11.9. The van der Waals surface area contributed by atoms with Crippen LogP contribution in [0.5, 0.6) is 0 Å². The third-order valence-corrected chi connectivity index (χ3v) is 8.20. The number of nitrogens with zero attached hydrogens (tertiary/aromatic N) is 4. The SMILES string of the molecule is NS(=O)(=O)c1c(C(F)(F)F)ccc(-c2ccc(C3CN(CC4CCCCC4)C3)cc2)c1-c1nn[nH]n1. The molecule has 0 bridgehead atoms. The number of sulfonamides is 1. The number of alkyl halides is 3. The van der Waals surface area contributed by atoms with E-state index in [2.05, 4.69) is 25.5 Å². The Kier molecular flexibility index (Phi) is 6.60. The fraction of sp³-hybridized carbons (Fsp3) is 0.458. The Morgan fingerprint density at radius 3 is 2.31 bits per heavy atom. The van der Waals surface area contributed by atoms with Gasteiger partial charge in [-0.1, -0.05) is 49.6 Å². The van der Waals surface area contributed by atoms with Crippen molar-refractivity contribution in [3.8, 4) is 22.5 Å². The first kappa shape index (κ1) is 24.8. The van der Waals surface area contributed by atoms with Gasteiger partial charge >= 0.3 is 6.18 Å². The van der Waals surface area contributed by atoms with Crippen molar-refractivity contribution in [3.05, 3.63) is 47.5 Å². The van der Waals surface area contributed by atoms with Gasteiger partial charge in [0.1, 0.15) is 4.90 Å². The fourth-order valence-electron chi connectivity index (χ4n) is 5.43. The van der Waals surface area contributed by atoms with Gasteiger partial charge in [-0.05, 0) is 46.7 Å². The van der Waals surface area contributed by atoms with Crippen LogP contribution in [0.3, 0.4) is 0 Å². The first-order chi connectivity index (χ1) is 17.1. The van der Waals surface area contributed by atoms with E-state index in [0.29, 0.717) is 11.5 Å². The first-order valence-corrected chi connectivity index (χ1v) is 13.5. The maximum atomic E-state index is 13.7. The number of likely N-dealkylation sites (tertiary alicyclic amines) is 1. The molecular weight excluding hydrogens is 493 g/mol. The molecule has 1 saturated carbocycles.